The number of hydrogen-bond donors (Lipinski definition) is 0. The Hall–Kier alpha value is -3.51. The molecule has 1 aromatic carbocycles. The van der Waals surface area contributed by atoms with Crippen molar-refractivity contribution in [2.45, 2.75) is 38.9 Å². The van der Waals surface area contributed by atoms with Crippen LogP contribution in [0.1, 0.15) is 29.7 Å². The van der Waals surface area contributed by atoms with E-state index >= 15 is 0 Å². The number of fused-ring (bicyclic) bond motifs is 1. The van der Waals surface area contributed by atoms with Crippen molar-refractivity contribution in [1.29, 1.82) is 0 Å². The minimum absolute atomic E-state index is 0.127. The van der Waals surface area contributed by atoms with Crippen LogP contribution in [0.25, 0.3) is 10.9 Å². The summed E-state index contributed by atoms with van der Waals surface area (Å²) >= 11 is 0. The lowest BCUT2D eigenvalue weighted by Crippen LogP contribution is -2.48. The van der Waals surface area contributed by atoms with Crippen molar-refractivity contribution < 1.29 is 0 Å². The molecule has 6 nitrogen and oxygen atoms in total. The standard InChI is InChI=1S/C28H31N5O/c1-21-16-22(12-14-29-21)17-33(24-8-7-15-32(20-24)27-11-5-6-13-30-27)19-23-18-31(2)26-10-4-3-9-25(26)28(23)34/h3-6,9-14,16,18,24H,7-8,15,17,19-20H2,1-2H3/t24-/m0/s1. The van der Waals surface area contributed by atoms with Gasteiger partial charge in [0, 0.05) is 74.5 Å². The molecule has 0 aliphatic carbocycles. The number of piperidine rings is 1. The Bertz CT molecular complexity index is 1330. The fourth-order valence-corrected chi connectivity index (χ4v) is 5.09. The molecule has 1 aliphatic heterocycles. The van der Waals surface area contributed by atoms with E-state index in [0.717, 1.165) is 60.5 Å². The van der Waals surface area contributed by atoms with Crippen LogP contribution in [0.4, 0.5) is 5.82 Å². The maximum atomic E-state index is 13.4. The van der Waals surface area contributed by atoms with E-state index in [1.165, 1.54) is 5.56 Å². The number of nitrogens with zero attached hydrogens (tertiary/aromatic N) is 5. The molecule has 1 saturated heterocycles. The van der Waals surface area contributed by atoms with Gasteiger partial charge in [0.1, 0.15) is 5.82 Å². The Balaban J connectivity index is 1.48. The molecule has 0 radical (unpaired) electrons. The molecule has 1 atom stereocenters. The minimum Gasteiger partial charge on any atom is -0.355 e. The lowest BCUT2D eigenvalue weighted by molar-refractivity contribution is 0.158. The second kappa shape index (κ2) is 9.77. The minimum atomic E-state index is 0.127. The normalized spacial score (nSPS) is 16.3. The molecule has 0 N–H and O–H groups in total. The van der Waals surface area contributed by atoms with Crippen molar-refractivity contribution in [3.63, 3.8) is 0 Å². The summed E-state index contributed by atoms with van der Waals surface area (Å²) in [6.45, 7) is 5.32. The van der Waals surface area contributed by atoms with E-state index < -0.39 is 0 Å². The molecule has 174 valence electrons. The van der Waals surface area contributed by atoms with Crippen LogP contribution in [-0.2, 0) is 20.1 Å². The number of para-hydroxylation sites is 1. The van der Waals surface area contributed by atoms with E-state index in [1.807, 2.05) is 69.0 Å². The number of anilines is 1. The SMILES string of the molecule is Cc1cc(CN(Cc2cn(C)c3ccccc3c2=O)[C@H]2CCCN(c3ccccn3)C2)ccn1. The van der Waals surface area contributed by atoms with Crippen molar-refractivity contribution in [2.24, 2.45) is 7.05 Å². The van der Waals surface area contributed by atoms with Gasteiger partial charge in [-0.05, 0) is 61.7 Å². The first-order valence-corrected chi connectivity index (χ1v) is 12.0. The van der Waals surface area contributed by atoms with Gasteiger partial charge >= 0.3 is 0 Å². The third-order valence-electron chi connectivity index (χ3n) is 6.78. The molecule has 0 spiro atoms. The highest BCUT2D eigenvalue weighted by Gasteiger charge is 2.27. The number of pyridine rings is 3. The molecule has 1 aliphatic rings. The van der Waals surface area contributed by atoms with Crippen molar-refractivity contribution in [3.05, 3.63) is 100 Å². The van der Waals surface area contributed by atoms with Gasteiger partial charge in [-0.2, -0.15) is 0 Å². The second-order valence-electron chi connectivity index (χ2n) is 9.25. The largest absolute Gasteiger partial charge is 0.355 e. The predicted molar refractivity (Wildman–Crippen MR) is 137 cm³/mol. The average Bonchev–Trinajstić information content (AvgIpc) is 2.87. The van der Waals surface area contributed by atoms with Crippen LogP contribution < -0.4 is 10.3 Å². The van der Waals surface area contributed by atoms with E-state index in [9.17, 15) is 4.79 Å². The molecule has 4 aromatic rings. The molecule has 5 rings (SSSR count). The summed E-state index contributed by atoms with van der Waals surface area (Å²) in [5.41, 5.74) is 4.16. The first kappa shape index (κ1) is 22.3. The van der Waals surface area contributed by atoms with Crippen LogP contribution in [0, 0.1) is 6.92 Å². The van der Waals surface area contributed by atoms with Gasteiger partial charge in [0.25, 0.3) is 0 Å². The van der Waals surface area contributed by atoms with Crippen molar-refractivity contribution in [3.8, 4) is 0 Å². The van der Waals surface area contributed by atoms with E-state index in [0.29, 0.717) is 12.6 Å². The summed E-state index contributed by atoms with van der Waals surface area (Å²) in [4.78, 5) is 27.2. The maximum absolute atomic E-state index is 13.4. The molecule has 0 bridgehead atoms. The fourth-order valence-electron chi connectivity index (χ4n) is 5.09. The highest BCUT2D eigenvalue weighted by molar-refractivity contribution is 5.79. The third kappa shape index (κ3) is 4.73. The van der Waals surface area contributed by atoms with E-state index in [-0.39, 0.29) is 5.43 Å². The van der Waals surface area contributed by atoms with Crippen LogP contribution in [-0.4, -0.2) is 38.6 Å². The number of aryl methyl sites for hydroxylation is 2. The Morgan fingerprint density at radius 2 is 1.88 bits per heavy atom. The average molecular weight is 454 g/mol. The third-order valence-corrected chi connectivity index (χ3v) is 6.78. The maximum Gasteiger partial charge on any atom is 0.193 e. The number of rotatable bonds is 6. The van der Waals surface area contributed by atoms with Crippen molar-refractivity contribution >= 4 is 16.7 Å². The molecular weight excluding hydrogens is 422 g/mol. The lowest BCUT2D eigenvalue weighted by atomic mass is 10.0. The summed E-state index contributed by atoms with van der Waals surface area (Å²) in [6, 6.07) is 18.5. The van der Waals surface area contributed by atoms with Crippen molar-refractivity contribution in [1.82, 2.24) is 19.4 Å². The van der Waals surface area contributed by atoms with E-state index in [2.05, 4.69) is 42.5 Å². The molecule has 1 fully saturated rings. The highest BCUT2D eigenvalue weighted by atomic mass is 16.1. The molecule has 34 heavy (non-hydrogen) atoms. The Morgan fingerprint density at radius 3 is 2.71 bits per heavy atom. The zero-order chi connectivity index (χ0) is 23.5. The van der Waals surface area contributed by atoms with Gasteiger partial charge < -0.3 is 9.47 Å². The van der Waals surface area contributed by atoms with Crippen LogP contribution in [0.15, 0.2) is 78.0 Å². The van der Waals surface area contributed by atoms with Crippen LogP contribution in [0.2, 0.25) is 0 Å². The number of benzene rings is 1. The van der Waals surface area contributed by atoms with Gasteiger partial charge in [0.2, 0.25) is 0 Å². The monoisotopic (exact) mass is 453 g/mol. The Morgan fingerprint density at radius 1 is 1.03 bits per heavy atom. The molecule has 6 heteroatoms. The summed E-state index contributed by atoms with van der Waals surface area (Å²) in [5, 5.41) is 0.779. The van der Waals surface area contributed by atoms with Crippen LogP contribution in [0.5, 0.6) is 0 Å². The van der Waals surface area contributed by atoms with Gasteiger partial charge in [0.15, 0.2) is 5.43 Å². The summed E-state index contributed by atoms with van der Waals surface area (Å²) in [5.74, 6) is 1.02. The summed E-state index contributed by atoms with van der Waals surface area (Å²) in [7, 11) is 2.02. The second-order valence-corrected chi connectivity index (χ2v) is 9.25. The molecule has 3 aromatic heterocycles. The quantitative estimate of drug-likeness (QED) is 0.436. The Kier molecular flexibility index (Phi) is 6.41. The zero-order valence-electron chi connectivity index (χ0n) is 19.9. The lowest BCUT2D eigenvalue weighted by Gasteiger charge is -2.40. The molecule has 4 heterocycles. The van der Waals surface area contributed by atoms with Gasteiger partial charge in [-0.15, -0.1) is 0 Å². The van der Waals surface area contributed by atoms with Crippen LogP contribution in [0.3, 0.4) is 0 Å². The first-order valence-electron chi connectivity index (χ1n) is 12.0. The first-order chi connectivity index (χ1) is 16.6. The van der Waals surface area contributed by atoms with Crippen molar-refractivity contribution in [2.75, 3.05) is 18.0 Å². The van der Waals surface area contributed by atoms with Gasteiger partial charge in [-0.1, -0.05) is 18.2 Å². The summed E-state index contributed by atoms with van der Waals surface area (Å²) < 4.78 is 2.07. The zero-order valence-corrected chi connectivity index (χ0v) is 19.9. The smallest absolute Gasteiger partial charge is 0.193 e. The predicted octanol–water partition coefficient (Wildman–Crippen LogP) is 4.31. The molecule has 0 amide bonds. The topological polar surface area (TPSA) is 54.3 Å². The molecule has 0 saturated carbocycles. The number of hydrogen-bond acceptors (Lipinski definition) is 5. The highest BCUT2D eigenvalue weighted by Crippen LogP contribution is 2.24. The fraction of sp³-hybridized carbons (Fsp3) is 0.321. The molecule has 0 unspecified atom stereocenters. The van der Waals surface area contributed by atoms with E-state index in [1.54, 1.807) is 0 Å². The van der Waals surface area contributed by atoms with Gasteiger partial charge in [-0.25, -0.2) is 4.98 Å². The van der Waals surface area contributed by atoms with Gasteiger partial charge in [-0.3, -0.25) is 14.7 Å². The molecular formula is C28H31N5O. The Labute approximate surface area is 200 Å². The van der Waals surface area contributed by atoms with Gasteiger partial charge in [0.05, 0.1) is 5.52 Å². The number of aromatic nitrogens is 3. The van der Waals surface area contributed by atoms with E-state index in [4.69, 9.17) is 0 Å². The van der Waals surface area contributed by atoms with Crippen LogP contribution >= 0.6 is 0 Å². The summed E-state index contributed by atoms with van der Waals surface area (Å²) in [6.07, 6.45) is 7.94.